The topological polar surface area (TPSA) is 12.0 Å². The molecule has 2 atom stereocenters. The lowest BCUT2D eigenvalue weighted by Crippen LogP contribution is -2.07. The van der Waals surface area contributed by atoms with Crippen molar-refractivity contribution in [3.63, 3.8) is 0 Å². The van der Waals surface area contributed by atoms with Gasteiger partial charge in [0.15, 0.2) is 0 Å². The van der Waals surface area contributed by atoms with Crippen LogP contribution < -0.4 is 5.32 Å². The first-order valence-corrected chi connectivity index (χ1v) is 5.11. The highest BCUT2D eigenvalue weighted by Gasteiger charge is 2.23. The Kier molecular flexibility index (Phi) is 2.56. The second kappa shape index (κ2) is 3.69. The highest BCUT2D eigenvalue weighted by atomic mass is 35.5. The van der Waals surface area contributed by atoms with Gasteiger partial charge in [0.1, 0.15) is 0 Å². The summed E-state index contributed by atoms with van der Waals surface area (Å²) in [5.74, 6) is 1.40. The number of nitrogens with one attached hydrogen (secondary N) is 1. The van der Waals surface area contributed by atoms with Gasteiger partial charge in [-0.05, 0) is 30.2 Å². The largest absolute Gasteiger partial charge is 0.316 e. The highest BCUT2D eigenvalue weighted by molar-refractivity contribution is 6.30. The number of benzene rings is 1. The summed E-state index contributed by atoms with van der Waals surface area (Å²) in [7, 11) is 0. The maximum absolute atomic E-state index is 5.84. The third-order valence-corrected chi connectivity index (χ3v) is 3.07. The summed E-state index contributed by atoms with van der Waals surface area (Å²) in [6.07, 6.45) is 0. The molecule has 0 aromatic heterocycles. The van der Waals surface area contributed by atoms with Gasteiger partial charge >= 0.3 is 0 Å². The molecule has 0 aliphatic carbocycles. The van der Waals surface area contributed by atoms with Crippen molar-refractivity contribution in [3.8, 4) is 0 Å². The predicted molar refractivity (Wildman–Crippen MR) is 56.2 cm³/mol. The maximum atomic E-state index is 5.84. The van der Waals surface area contributed by atoms with Crippen LogP contribution in [0.5, 0.6) is 0 Å². The van der Waals surface area contributed by atoms with Crippen LogP contribution in [0.25, 0.3) is 0 Å². The molecule has 1 aliphatic rings. The molecule has 70 valence electrons. The molecule has 1 fully saturated rings. The molecule has 2 heteroatoms. The fourth-order valence-corrected chi connectivity index (χ4v) is 2.09. The Bertz CT molecular complexity index is 281. The minimum Gasteiger partial charge on any atom is -0.316 e. The van der Waals surface area contributed by atoms with Gasteiger partial charge in [-0.1, -0.05) is 30.7 Å². The van der Waals surface area contributed by atoms with Crippen molar-refractivity contribution in [2.45, 2.75) is 12.8 Å². The van der Waals surface area contributed by atoms with E-state index in [1.54, 1.807) is 0 Å². The van der Waals surface area contributed by atoms with Gasteiger partial charge in [-0.25, -0.2) is 0 Å². The summed E-state index contributed by atoms with van der Waals surface area (Å²) >= 11 is 5.84. The first kappa shape index (κ1) is 9.04. The van der Waals surface area contributed by atoms with E-state index in [9.17, 15) is 0 Å². The molecule has 0 bridgehead atoms. The third-order valence-electron chi connectivity index (χ3n) is 2.82. The highest BCUT2D eigenvalue weighted by Crippen LogP contribution is 2.28. The van der Waals surface area contributed by atoms with Crippen molar-refractivity contribution in [3.05, 3.63) is 34.9 Å². The molecule has 2 rings (SSSR count). The van der Waals surface area contributed by atoms with Crippen molar-refractivity contribution in [1.82, 2.24) is 5.32 Å². The van der Waals surface area contributed by atoms with Gasteiger partial charge in [-0.3, -0.25) is 0 Å². The van der Waals surface area contributed by atoms with Gasteiger partial charge in [0.05, 0.1) is 0 Å². The molecule has 0 amide bonds. The summed E-state index contributed by atoms with van der Waals surface area (Å²) < 4.78 is 0. The third kappa shape index (κ3) is 1.87. The Morgan fingerprint density at radius 1 is 1.23 bits per heavy atom. The Morgan fingerprint density at radius 2 is 1.92 bits per heavy atom. The molecule has 1 saturated heterocycles. The van der Waals surface area contributed by atoms with E-state index in [-0.39, 0.29) is 0 Å². The molecule has 1 N–H and O–H groups in total. The molecule has 0 spiro atoms. The van der Waals surface area contributed by atoms with Gasteiger partial charge < -0.3 is 5.32 Å². The summed E-state index contributed by atoms with van der Waals surface area (Å²) in [6, 6.07) is 8.22. The van der Waals surface area contributed by atoms with Crippen LogP contribution in [0.3, 0.4) is 0 Å². The molecular weight excluding hydrogens is 182 g/mol. The molecule has 1 aliphatic heterocycles. The van der Waals surface area contributed by atoms with Crippen molar-refractivity contribution in [2.24, 2.45) is 5.92 Å². The standard InChI is InChI=1S/C11H14ClN/c1-8-6-13-7-11(8)9-2-4-10(12)5-3-9/h2-5,8,11,13H,6-7H2,1H3. The summed E-state index contributed by atoms with van der Waals surface area (Å²) in [5.41, 5.74) is 1.40. The van der Waals surface area contributed by atoms with Crippen LogP contribution in [-0.4, -0.2) is 13.1 Å². The number of halogens is 1. The van der Waals surface area contributed by atoms with E-state index in [1.807, 2.05) is 12.1 Å². The zero-order chi connectivity index (χ0) is 9.26. The molecule has 1 aromatic rings. The Hall–Kier alpha value is -0.530. The quantitative estimate of drug-likeness (QED) is 0.727. The first-order chi connectivity index (χ1) is 6.27. The first-order valence-electron chi connectivity index (χ1n) is 4.73. The van der Waals surface area contributed by atoms with E-state index in [4.69, 9.17) is 11.6 Å². The Balaban J connectivity index is 2.20. The normalized spacial score (nSPS) is 27.8. The average molecular weight is 196 g/mol. The van der Waals surface area contributed by atoms with E-state index in [0.29, 0.717) is 5.92 Å². The molecule has 13 heavy (non-hydrogen) atoms. The average Bonchev–Trinajstić information content (AvgIpc) is 2.53. The number of hydrogen-bond acceptors (Lipinski definition) is 1. The van der Waals surface area contributed by atoms with Crippen LogP contribution >= 0.6 is 11.6 Å². The lowest BCUT2D eigenvalue weighted by Gasteiger charge is -2.14. The van der Waals surface area contributed by atoms with Crippen LogP contribution in [0.4, 0.5) is 0 Å². The molecule has 1 aromatic carbocycles. The second-order valence-corrected chi connectivity index (χ2v) is 4.23. The van der Waals surface area contributed by atoms with Gasteiger partial charge in [0, 0.05) is 17.5 Å². The Morgan fingerprint density at radius 3 is 2.46 bits per heavy atom. The van der Waals surface area contributed by atoms with Crippen molar-refractivity contribution >= 4 is 11.6 Å². The van der Waals surface area contributed by atoms with E-state index in [1.165, 1.54) is 5.56 Å². The van der Waals surface area contributed by atoms with Crippen LogP contribution in [0.1, 0.15) is 18.4 Å². The van der Waals surface area contributed by atoms with Crippen molar-refractivity contribution in [2.75, 3.05) is 13.1 Å². The zero-order valence-corrected chi connectivity index (χ0v) is 8.51. The van der Waals surface area contributed by atoms with Crippen LogP contribution in [0.15, 0.2) is 24.3 Å². The van der Waals surface area contributed by atoms with E-state index in [0.717, 1.165) is 24.0 Å². The van der Waals surface area contributed by atoms with Crippen molar-refractivity contribution < 1.29 is 0 Å². The molecular formula is C11H14ClN. The van der Waals surface area contributed by atoms with Crippen LogP contribution in [-0.2, 0) is 0 Å². The van der Waals surface area contributed by atoms with E-state index >= 15 is 0 Å². The second-order valence-electron chi connectivity index (χ2n) is 3.79. The molecule has 1 heterocycles. The van der Waals surface area contributed by atoms with Gasteiger partial charge in [-0.15, -0.1) is 0 Å². The number of rotatable bonds is 1. The zero-order valence-electron chi connectivity index (χ0n) is 7.76. The van der Waals surface area contributed by atoms with Crippen LogP contribution in [0, 0.1) is 5.92 Å². The molecule has 0 saturated carbocycles. The minimum atomic E-state index is 0.664. The molecule has 1 nitrogen and oxygen atoms in total. The fraction of sp³-hybridized carbons (Fsp3) is 0.455. The predicted octanol–water partition coefficient (Wildman–Crippen LogP) is 2.66. The van der Waals surface area contributed by atoms with Gasteiger partial charge in [0.2, 0.25) is 0 Å². The van der Waals surface area contributed by atoms with Gasteiger partial charge in [-0.2, -0.15) is 0 Å². The van der Waals surface area contributed by atoms with Crippen molar-refractivity contribution in [1.29, 1.82) is 0 Å². The summed E-state index contributed by atoms with van der Waals surface area (Å²) in [6.45, 7) is 4.52. The molecule has 2 unspecified atom stereocenters. The van der Waals surface area contributed by atoms with Crippen LogP contribution in [0.2, 0.25) is 5.02 Å². The van der Waals surface area contributed by atoms with E-state index in [2.05, 4.69) is 24.4 Å². The monoisotopic (exact) mass is 195 g/mol. The SMILES string of the molecule is CC1CNCC1c1ccc(Cl)cc1. The lowest BCUT2D eigenvalue weighted by molar-refractivity contribution is 0.572. The summed E-state index contributed by atoms with van der Waals surface area (Å²) in [4.78, 5) is 0. The minimum absolute atomic E-state index is 0.664. The smallest absolute Gasteiger partial charge is 0.0406 e. The summed E-state index contributed by atoms with van der Waals surface area (Å²) in [5, 5.41) is 4.22. The lowest BCUT2D eigenvalue weighted by atomic mass is 9.90. The molecule has 0 radical (unpaired) electrons. The fourth-order valence-electron chi connectivity index (χ4n) is 1.97. The van der Waals surface area contributed by atoms with Gasteiger partial charge in [0.25, 0.3) is 0 Å². The number of hydrogen-bond donors (Lipinski definition) is 1. The Labute approximate surface area is 84.1 Å². The maximum Gasteiger partial charge on any atom is 0.0406 e. The van der Waals surface area contributed by atoms with E-state index < -0.39 is 0 Å².